The Balaban J connectivity index is 0.00000420. The Kier molecular flexibility index (Phi) is 10.9. The van der Waals surface area contributed by atoms with Crippen LogP contribution in [0.1, 0.15) is 11.1 Å². The first-order valence-corrected chi connectivity index (χ1v) is 12.3. The van der Waals surface area contributed by atoms with Gasteiger partial charge < -0.3 is 47.2 Å². The summed E-state index contributed by atoms with van der Waals surface area (Å²) in [6.07, 6.45) is -1.97. The fourth-order valence-electron chi connectivity index (χ4n) is 3.72. The van der Waals surface area contributed by atoms with E-state index in [0.29, 0.717) is 49.2 Å². The highest BCUT2D eigenvalue weighted by molar-refractivity contribution is 6.00. The molecule has 4 rings (SSSR count). The highest BCUT2D eigenvalue weighted by Crippen LogP contribution is 2.12. The smallest absolute Gasteiger partial charge is 0.319 e. The summed E-state index contributed by atoms with van der Waals surface area (Å²) in [6, 6.07) is 13.1. The molecule has 14 heteroatoms. The number of aliphatic hydroxyl groups is 3. The van der Waals surface area contributed by atoms with Gasteiger partial charge in [-0.2, -0.15) is 0 Å². The molecule has 0 radical (unpaired) electrons. The standard InChI is InChI=1S/C25H32N8O5.ClH/c34-19-9-26-22(27-10-19)15-1-5-17(6-2-15)32-24(37)30-13-21(36)14-31-25(38)33-18-7-3-16(4-8-18)23-28-11-20(35)12-29-23;/h1-8,19-21,34-36H,9-14H2,(H,26,27)(H,28,29)(H2,30,32,37)(H2,31,33,38);1H. The number of β-amino-alcohol motifs (C(OH)–C–C–N with tert-alkyl or cyclic N) is 2. The average molecular weight is 561 g/mol. The minimum atomic E-state index is -0.993. The first kappa shape index (κ1) is 29.6. The van der Waals surface area contributed by atoms with Crippen LogP contribution in [0, 0.1) is 0 Å². The molecule has 0 aromatic heterocycles. The van der Waals surface area contributed by atoms with E-state index in [1.54, 1.807) is 48.5 Å². The highest BCUT2D eigenvalue weighted by Gasteiger charge is 2.15. The molecular weight excluding hydrogens is 528 g/mol. The number of urea groups is 2. The molecule has 0 saturated carbocycles. The van der Waals surface area contributed by atoms with Gasteiger partial charge in [0.05, 0.1) is 31.4 Å². The number of benzene rings is 2. The molecule has 2 heterocycles. The van der Waals surface area contributed by atoms with Gasteiger partial charge in [0.15, 0.2) is 0 Å². The predicted molar refractivity (Wildman–Crippen MR) is 151 cm³/mol. The van der Waals surface area contributed by atoms with E-state index in [9.17, 15) is 24.9 Å². The van der Waals surface area contributed by atoms with Gasteiger partial charge in [0.2, 0.25) is 0 Å². The van der Waals surface area contributed by atoms with E-state index in [4.69, 9.17) is 0 Å². The molecule has 210 valence electrons. The number of halogens is 1. The monoisotopic (exact) mass is 560 g/mol. The lowest BCUT2D eigenvalue weighted by Gasteiger charge is -2.19. The van der Waals surface area contributed by atoms with E-state index in [1.807, 2.05) is 0 Å². The quantitative estimate of drug-likeness (QED) is 0.214. The number of carbonyl (C=O) groups excluding carboxylic acids is 2. The molecule has 2 aromatic rings. The molecule has 4 amide bonds. The minimum absolute atomic E-state index is 0. The second-order valence-corrected chi connectivity index (χ2v) is 8.93. The zero-order chi connectivity index (χ0) is 26.9. The van der Waals surface area contributed by atoms with Crippen molar-refractivity contribution < 1.29 is 24.9 Å². The summed E-state index contributed by atoms with van der Waals surface area (Å²) in [7, 11) is 0. The van der Waals surface area contributed by atoms with Crippen LogP contribution in [0.5, 0.6) is 0 Å². The van der Waals surface area contributed by atoms with Crippen molar-refractivity contribution in [2.45, 2.75) is 18.3 Å². The molecule has 39 heavy (non-hydrogen) atoms. The van der Waals surface area contributed by atoms with Gasteiger partial charge in [-0.25, -0.2) is 9.59 Å². The van der Waals surface area contributed by atoms with Crippen LogP contribution in [0.4, 0.5) is 21.0 Å². The summed E-state index contributed by atoms with van der Waals surface area (Å²) in [5, 5.41) is 45.7. The largest absolute Gasteiger partial charge is 0.389 e. The fourth-order valence-corrected chi connectivity index (χ4v) is 3.72. The first-order valence-electron chi connectivity index (χ1n) is 12.3. The average Bonchev–Trinajstić information content (AvgIpc) is 2.93. The minimum Gasteiger partial charge on any atom is -0.389 e. The van der Waals surface area contributed by atoms with Crippen LogP contribution < -0.4 is 31.9 Å². The number of rotatable bonds is 8. The Labute approximate surface area is 231 Å². The molecule has 0 fully saturated rings. The SMILES string of the molecule is Cl.O=C(NCC(O)CNC(=O)Nc1ccc(C2=NCC(O)CN2)cc1)Nc1ccc(C2=NCC(O)CN2)cc1. The molecule has 13 nitrogen and oxygen atoms in total. The van der Waals surface area contributed by atoms with Crippen molar-refractivity contribution in [2.24, 2.45) is 9.98 Å². The lowest BCUT2D eigenvalue weighted by Crippen LogP contribution is -2.42. The Morgan fingerprint density at radius 1 is 0.769 bits per heavy atom. The molecule has 0 aliphatic carbocycles. The van der Waals surface area contributed by atoms with Crippen molar-refractivity contribution in [1.29, 1.82) is 0 Å². The molecule has 2 atom stereocenters. The maximum atomic E-state index is 12.2. The number of nitrogens with zero attached hydrogens (tertiary/aromatic N) is 2. The Bertz CT molecular complexity index is 1080. The highest BCUT2D eigenvalue weighted by atomic mass is 35.5. The Morgan fingerprint density at radius 3 is 1.49 bits per heavy atom. The van der Waals surface area contributed by atoms with E-state index in [1.165, 1.54) is 0 Å². The number of hydrogen-bond acceptors (Lipinski definition) is 9. The number of hydrogen-bond donors (Lipinski definition) is 9. The molecule has 2 aromatic carbocycles. The fraction of sp³-hybridized carbons (Fsp3) is 0.360. The Morgan fingerprint density at radius 2 is 1.15 bits per heavy atom. The van der Waals surface area contributed by atoms with Crippen LogP contribution in [0.25, 0.3) is 0 Å². The van der Waals surface area contributed by atoms with E-state index in [2.05, 4.69) is 41.9 Å². The third-order valence-electron chi connectivity index (χ3n) is 5.76. The molecule has 0 bridgehead atoms. The van der Waals surface area contributed by atoms with Crippen molar-refractivity contribution in [2.75, 3.05) is 49.9 Å². The van der Waals surface area contributed by atoms with Crippen molar-refractivity contribution in [3.63, 3.8) is 0 Å². The van der Waals surface area contributed by atoms with E-state index < -0.39 is 30.4 Å². The van der Waals surface area contributed by atoms with Crippen LogP contribution in [0.15, 0.2) is 58.5 Å². The van der Waals surface area contributed by atoms with E-state index in [0.717, 1.165) is 11.1 Å². The molecule has 2 aliphatic heterocycles. The lowest BCUT2D eigenvalue weighted by atomic mass is 10.1. The van der Waals surface area contributed by atoms with E-state index in [-0.39, 0.29) is 25.5 Å². The van der Waals surface area contributed by atoms with Crippen molar-refractivity contribution in [3.8, 4) is 0 Å². The first-order chi connectivity index (χ1) is 18.4. The van der Waals surface area contributed by atoms with Gasteiger partial charge in [-0.3, -0.25) is 9.98 Å². The molecule has 0 saturated heterocycles. The molecule has 9 N–H and O–H groups in total. The summed E-state index contributed by atoms with van der Waals surface area (Å²) < 4.78 is 0. The predicted octanol–water partition coefficient (Wildman–Crippen LogP) is -0.166. The van der Waals surface area contributed by atoms with Gasteiger partial charge in [0.1, 0.15) is 11.7 Å². The third-order valence-corrected chi connectivity index (χ3v) is 5.76. The summed E-state index contributed by atoms with van der Waals surface area (Å²) in [6.45, 7) is 1.44. The number of amides is 4. The number of amidine groups is 2. The normalized spacial score (nSPS) is 19.1. The molecule has 0 spiro atoms. The molecule has 2 aliphatic rings. The topological polar surface area (TPSA) is 192 Å². The second-order valence-electron chi connectivity index (χ2n) is 8.93. The zero-order valence-electron chi connectivity index (χ0n) is 21.1. The summed E-state index contributed by atoms with van der Waals surface area (Å²) >= 11 is 0. The van der Waals surface area contributed by atoms with Gasteiger partial charge in [0.25, 0.3) is 0 Å². The molecular formula is C25H33ClN8O5. The number of aliphatic imine (C=N–C) groups is 2. The van der Waals surface area contributed by atoms with Crippen molar-refractivity contribution in [3.05, 3.63) is 59.7 Å². The van der Waals surface area contributed by atoms with Crippen LogP contribution >= 0.6 is 12.4 Å². The van der Waals surface area contributed by atoms with Gasteiger partial charge in [-0.1, -0.05) is 0 Å². The lowest BCUT2D eigenvalue weighted by molar-refractivity contribution is 0.170. The number of aliphatic hydroxyl groups excluding tert-OH is 3. The van der Waals surface area contributed by atoms with Crippen LogP contribution in [-0.4, -0.2) is 96.6 Å². The summed E-state index contributed by atoms with van der Waals surface area (Å²) in [5.74, 6) is 1.38. The maximum absolute atomic E-state index is 12.2. The van der Waals surface area contributed by atoms with Crippen LogP contribution in [0.3, 0.4) is 0 Å². The molecule has 2 unspecified atom stereocenters. The van der Waals surface area contributed by atoms with Gasteiger partial charge >= 0.3 is 12.1 Å². The Hall–Kier alpha value is -3.91. The third kappa shape index (κ3) is 9.11. The number of anilines is 2. The zero-order valence-corrected chi connectivity index (χ0v) is 21.9. The van der Waals surface area contributed by atoms with Crippen molar-refractivity contribution in [1.82, 2.24) is 21.3 Å². The number of nitrogens with one attached hydrogen (secondary N) is 6. The van der Waals surface area contributed by atoms with Crippen LogP contribution in [0.2, 0.25) is 0 Å². The van der Waals surface area contributed by atoms with E-state index >= 15 is 0 Å². The maximum Gasteiger partial charge on any atom is 0.319 e. The summed E-state index contributed by atoms with van der Waals surface area (Å²) in [5.41, 5.74) is 2.80. The second kappa shape index (κ2) is 14.3. The summed E-state index contributed by atoms with van der Waals surface area (Å²) in [4.78, 5) is 32.9. The van der Waals surface area contributed by atoms with Crippen LogP contribution in [-0.2, 0) is 0 Å². The van der Waals surface area contributed by atoms with Gasteiger partial charge in [-0.15, -0.1) is 12.4 Å². The van der Waals surface area contributed by atoms with Gasteiger partial charge in [-0.05, 0) is 48.5 Å². The van der Waals surface area contributed by atoms with Crippen molar-refractivity contribution >= 4 is 47.5 Å². The number of carbonyl (C=O) groups is 2. The van der Waals surface area contributed by atoms with Gasteiger partial charge in [0, 0.05) is 48.7 Å².